The van der Waals surface area contributed by atoms with Gasteiger partial charge in [0.05, 0.1) is 13.2 Å². The van der Waals surface area contributed by atoms with Gasteiger partial charge < -0.3 is 24.8 Å². The molecule has 0 bridgehead atoms. The van der Waals surface area contributed by atoms with Crippen molar-refractivity contribution in [2.75, 3.05) is 26.9 Å². The minimum atomic E-state index is -2.84. The van der Waals surface area contributed by atoms with Crippen molar-refractivity contribution in [3.8, 4) is 11.5 Å². The maximum atomic E-state index is 12.4. The molecule has 0 amide bonds. The van der Waals surface area contributed by atoms with Crippen LogP contribution in [0.1, 0.15) is 23.1 Å². The Morgan fingerprint density at radius 3 is 2.72 bits per heavy atom. The third-order valence-corrected chi connectivity index (χ3v) is 4.97. The molecule has 9 heteroatoms. The van der Waals surface area contributed by atoms with Crippen molar-refractivity contribution >= 4 is 29.9 Å². The topological polar surface area (TPSA) is 64.1 Å². The predicted octanol–water partition coefficient (Wildman–Crippen LogP) is 4.49. The van der Waals surface area contributed by atoms with Crippen LogP contribution in [-0.2, 0) is 17.8 Å². The standard InChI is InChI=1S/C23H29F2N3O3.HI/c1-16-6-7-19(21(10-16)30-15-18-8-9-29-14-18)13-28-23(26-2)27-12-17-4-3-5-20(11-17)31-22(24)25;/h3-7,10-11,18,22H,8-9,12-15H2,1-2H3,(H2,26,27,28);1H. The normalized spacial score (nSPS) is 15.9. The lowest BCUT2D eigenvalue weighted by Crippen LogP contribution is -2.36. The molecule has 1 aliphatic rings. The molecule has 0 spiro atoms. The molecule has 1 heterocycles. The van der Waals surface area contributed by atoms with Crippen molar-refractivity contribution in [2.24, 2.45) is 10.9 Å². The molecule has 3 rings (SSSR count). The van der Waals surface area contributed by atoms with Gasteiger partial charge in [0.1, 0.15) is 11.5 Å². The highest BCUT2D eigenvalue weighted by Gasteiger charge is 2.17. The van der Waals surface area contributed by atoms with Gasteiger partial charge >= 0.3 is 6.61 Å². The molecule has 0 aliphatic carbocycles. The molecule has 1 atom stereocenters. The quantitative estimate of drug-likeness (QED) is 0.269. The van der Waals surface area contributed by atoms with Crippen LogP contribution in [0.2, 0.25) is 0 Å². The number of ether oxygens (including phenoxy) is 3. The molecular weight excluding hydrogens is 531 g/mol. The van der Waals surface area contributed by atoms with Gasteiger partial charge in [0.15, 0.2) is 5.96 Å². The molecule has 0 radical (unpaired) electrons. The molecule has 1 saturated heterocycles. The van der Waals surface area contributed by atoms with Gasteiger partial charge in [-0.05, 0) is 42.7 Å². The van der Waals surface area contributed by atoms with Gasteiger partial charge in [0, 0.05) is 38.2 Å². The average molecular weight is 561 g/mol. The molecule has 1 unspecified atom stereocenters. The Balaban J connectivity index is 0.00000363. The summed E-state index contributed by atoms with van der Waals surface area (Å²) in [5.74, 6) is 2.01. The van der Waals surface area contributed by atoms with Crippen molar-refractivity contribution in [2.45, 2.75) is 33.0 Å². The number of nitrogens with one attached hydrogen (secondary N) is 2. The summed E-state index contributed by atoms with van der Waals surface area (Å²) >= 11 is 0. The second kappa shape index (κ2) is 13.4. The predicted molar refractivity (Wildman–Crippen MR) is 131 cm³/mol. The van der Waals surface area contributed by atoms with E-state index in [1.54, 1.807) is 19.2 Å². The van der Waals surface area contributed by atoms with E-state index in [2.05, 4.69) is 20.4 Å². The zero-order valence-electron chi connectivity index (χ0n) is 18.3. The third-order valence-electron chi connectivity index (χ3n) is 4.97. The fraction of sp³-hybridized carbons (Fsp3) is 0.435. The van der Waals surface area contributed by atoms with Crippen molar-refractivity contribution < 1.29 is 23.0 Å². The average Bonchev–Trinajstić information content (AvgIpc) is 3.27. The van der Waals surface area contributed by atoms with E-state index in [0.717, 1.165) is 42.1 Å². The monoisotopic (exact) mass is 561 g/mol. The number of hydrogen-bond donors (Lipinski definition) is 2. The van der Waals surface area contributed by atoms with E-state index in [1.807, 2.05) is 31.2 Å². The fourth-order valence-electron chi connectivity index (χ4n) is 3.28. The largest absolute Gasteiger partial charge is 0.493 e. The van der Waals surface area contributed by atoms with Crippen molar-refractivity contribution in [1.29, 1.82) is 0 Å². The Morgan fingerprint density at radius 1 is 1.19 bits per heavy atom. The highest BCUT2D eigenvalue weighted by molar-refractivity contribution is 14.0. The Hall–Kier alpha value is -2.14. The van der Waals surface area contributed by atoms with E-state index >= 15 is 0 Å². The number of alkyl halides is 2. The first-order chi connectivity index (χ1) is 15.0. The molecule has 1 aliphatic heterocycles. The first kappa shape index (κ1) is 26.1. The lowest BCUT2D eigenvalue weighted by atomic mass is 10.1. The summed E-state index contributed by atoms with van der Waals surface area (Å²) in [5.41, 5.74) is 2.97. The van der Waals surface area contributed by atoms with Crippen LogP contribution in [-0.4, -0.2) is 39.4 Å². The minimum Gasteiger partial charge on any atom is -0.493 e. The molecule has 32 heavy (non-hydrogen) atoms. The van der Waals surface area contributed by atoms with Crippen LogP contribution in [0.4, 0.5) is 8.78 Å². The molecule has 6 nitrogen and oxygen atoms in total. The van der Waals surface area contributed by atoms with Crippen LogP contribution >= 0.6 is 24.0 Å². The first-order valence-electron chi connectivity index (χ1n) is 10.3. The zero-order chi connectivity index (χ0) is 22.1. The van der Waals surface area contributed by atoms with Crippen LogP contribution in [0.5, 0.6) is 11.5 Å². The van der Waals surface area contributed by atoms with Gasteiger partial charge in [-0.2, -0.15) is 8.78 Å². The summed E-state index contributed by atoms with van der Waals surface area (Å²) in [6.45, 7) is 2.33. The molecule has 0 saturated carbocycles. The maximum Gasteiger partial charge on any atom is 0.387 e. The summed E-state index contributed by atoms with van der Waals surface area (Å²) in [4.78, 5) is 4.23. The van der Waals surface area contributed by atoms with Crippen molar-refractivity contribution in [1.82, 2.24) is 10.6 Å². The number of guanidine groups is 1. The number of benzene rings is 2. The number of nitrogens with zero attached hydrogens (tertiary/aromatic N) is 1. The molecular formula is C23H30F2IN3O3. The first-order valence-corrected chi connectivity index (χ1v) is 10.3. The number of halogens is 3. The van der Waals surface area contributed by atoms with Crippen LogP contribution in [0.3, 0.4) is 0 Å². The Labute approximate surface area is 204 Å². The Bertz CT molecular complexity index is 877. The van der Waals surface area contributed by atoms with Crippen LogP contribution in [0, 0.1) is 12.8 Å². The number of aryl methyl sites for hydroxylation is 1. The van der Waals surface area contributed by atoms with Crippen LogP contribution in [0.25, 0.3) is 0 Å². The summed E-state index contributed by atoms with van der Waals surface area (Å²) in [7, 11) is 1.68. The second-order valence-corrected chi connectivity index (χ2v) is 7.46. The van der Waals surface area contributed by atoms with Gasteiger partial charge in [-0.3, -0.25) is 4.99 Å². The van der Waals surface area contributed by atoms with Crippen LogP contribution < -0.4 is 20.1 Å². The highest BCUT2D eigenvalue weighted by atomic mass is 127. The van der Waals surface area contributed by atoms with Gasteiger partial charge in [-0.1, -0.05) is 24.3 Å². The Kier molecular flexibility index (Phi) is 10.9. The Morgan fingerprint density at radius 2 is 2.00 bits per heavy atom. The SMILES string of the molecule is CN=C(NCc1cccc(OC(F)F)c1)NCc1ccc(C)cc1OCC1CCOC1.I. The summed E-state index contributed by atoms with van der Waals surface area (Å²) in [6.07, 6.45) is 1.03. The van der Waals surface area contributed by atoms with Gasteiger partial charge in [0.2, 0.25) is 0 Å². The third kappa shape index (κ3) is 8.42. The van der Waals surface area contributed by atoms with E-state index in [-0.39, 0.29) is 29.7 Å². The second-order valence-electron chi connectivity index (χ2n) is 7.46. The maximum absolute atomic E-state index is 12.4. The smallest absolute Gasteiger partial charge is 0.387 e. The number of hydrogen-bond acceptors (Lipinski definition) is 4. The lowest BCUT2D eigenvalue weighted by molar-refractivity contribution is -0.0498. The molecule has 1 fully saturated rings. The molecule has 2 N–H and O–H groups in total. The number of aliphatic imine (C=N–C) groups is 1. The van der Waals surface area contributed by atoms with E-state index in [1.165, 1.54) is 6.07 Å². The van der Waals surface area contributed by atoms with E-state index in [9.17, 15) is 8.78 Å². The zero-order valence-corrected chi connectivity index (χ0v) is 20.6. The van der Waals surface area contributed by atoms with Crippen LogP contribution in [0.15, 0.2) is 47.5 Å². The highest BCUT2D eigenvalue weighted by Crippen LogP contribution is 2.23. The lowest BCUT2D eigenvalue weighted by Gasteiger charge is -2.17. The van der Waals surface area contributed by atoms with Gasteiger partial charge in [-0.15, -0.1) is 24.0 Å². The fourth-order valence-corrected chi connectivity index (χ4v) is 3.28. The molecule has 0 aromatic heterocycles. The summed E-state index contributed by atoms with van der Waals surface area (Å²) in [6, 6.07) is 12.7. The van der Waals surface area contributed by atoms with Gasteiger partial charge in [0.25, 0.3) is 0 Å². The van der Waals surface area contributed by atoms with E-state index in [0.29, 0.717) is 31.6 Å². The van der Waals surface area contributed by atoms with Crippen molar-refractivity contribution in [3.05, 3.63) is 59.2 Å². The molecule has 176 valence electrons. The summed E-state index contributed by atoms with van der Waals surface area (Å²) < 4.78 is 40.8. The molecule has 2 aromatic rings. The number of rotatable bonds is 9. The van der Waals surface area contributed by atoms with Crippen molar-refractivity contribution in [3.63, 3.8) is 0 Å². The van der Waals surface area contributed by atoms with E-state index < -0.39 is 6.61 Å². The summed E-state index contributed by atoms with van der Waals surface area (Å²) in [5, 5.41) is 6.46. The van der Waals surface area contributed by atoms with E-state index in [4.69, 9.17) is 9.47 Å². The van der Waals surface area contributed by atoms with Gasteiger partial charge in [-0.25, -0.2) is 0 Å². The molecule has 2 aromatic carbocycles. The minimum absolute atomic E-state index is 0.